The van der Waals surface area contributed by atoms with Crippen molar-refractivity contribution in [2.24, 2.45) is 0 Å². The van der Waals surface area contributed by atoms with Crippen LogP contribution in [0.25, 0.3) is 11.1 Å². The van der Waals surface area contributed by atoms with Crippen molar-refractivity contribution in [2.75, 3.05) is 0 Å². The summed E-state index contributed by atoms with van der Waals surface area (Å²) in [5, 5.41) is 10.5. The molecule has 0 radical (unpaired) electrons. The second-order valence-electron chi connectivity index (χ2n) is 7.24. The number of rotatable bonds is 4. The molecule has 0 spiro atoms. The Morgan fingerprint density at radius 2 is 1.53 bits per heavy atom. The van der Waals surface area contributed by atoms with Gasteiger partial charge in [0.2, 0.25) is 0 Å². The molecule has 0 bridgehead atoms. The van der Waals surface area contributed by atoms with Crippen LogP contribution in [0.3, 0.4) is 0 Å². The Bertz CT molecular complexity index is 1100. The maximum Gasteiger partial charge on any atom is 0.326 e. The van der Waals surface area contributed by atoms with E-state index in [1.54, 1.807) is 24.3 Å². The quantitative estimate of drug-likeness (QED) is 0.534. The second-order valence-corrected chi connectivity index (χ2v) is 8.06. The van der Waals surface area contributed by atoms with E-state index in [1.807, 2.05) is 48.5 Å². The fourth-order valence-corrected chi connectivity index (χ4v) is 4.55. The van der Waals surface area contributed by atoms with Gasteiger partial charge in [-0.05, 0) is 47.7 Å². The Morgan fingerprint density at radius 1 is 0.833 bits per heavy atom. The van der Waals surface area contributed by atoms with Crippen LogP contribution in [0.4, 0.5) is 0 Å². The first-order valence-electron chi connectivity index (χ1n) is 9.62. The molecule has 0 aliphatic carbocycles. The minimum atomic E-state index is -1.03. The summed E-state index contributed by atoms with van der Waals surface area (Å²) < 4.78 is 0. The first kappa shape index (κ1) is 20.5. The first-order chi connectivity index (χ1) is 14.5. The van der Waals surface area contributed by atoms with Crippen LogP contribution >= 0.6 is 23.2 Å². The average Bonchev–Trinajstić information content (AvgIpc) is 3.19. The summed E-state index contributed by atoms with van der Waals surface area (Å²) >= 11 is 12.8. The summed E-state index contributed by atoms with van der Waals surface area (Å²) in [5.74, 6) is -1.44. The molecule has 0 unspecified atom stereocenters. The van der Waals surface area contributed by atoms with E-state index in [0.29, 0.717) is 17.9 Å². The highest BCUT2D eigenvalue weighted by atomic mass is 35.5. The summed E-state index contributed by atoms with van der Waals surface area (Å²) in [7, 11) is 0. The van der Waals surface area contributed by atoms with Gasteiger partial charge in [-0.25, -0.2) is 4.79 Å². The van der Waals surface area contributed by atoms with E-state index in [-0.39, 0.29) is 10.6 Å². The molecule has 152 valence electrons. The highest BCUT2D eigenvalue weighted by molar-refractivity contribution is 6.34. The molecular formula is C24H19Cl2NO3. The third-order valence-corrected chi connectivity index (χ3v) is 6.13. The summed E-state index contributed by atoms with van der Waals surface area (Å²) in [5.41, 5.74) is 2.89. The van der Waals surface area contributed by atoms with Crippen LogP contribution in [0.2, 0.25) is 10.0 Å². The van der Waals surface area contributed by atoms with Crippen molar-refractivity contribution in [2.45, 2.75) is 24.9 Å². The molecule has 2 atom stereocenters. The van der Waals surface area contributed by atoms with Gasteiger partial charge in [0.25, 0.3) is 5.91 Å². The maximum atomic E-state index is 13.5. The number of carboxylic acids is 1. The third-order valence-electron chi connectivity index (χ3n) is 5.48. The van der Waals surface area contributed by atoms with Crippen LogP contribution in [0, 0.1) is 0 Å². The van der Waals surface area contributed by atoms with E-state index < -0.39 is 24.0 Å². The van der Waals surface area contributed by atoms with E-state index in [1.165, 1.54) is 4.90 Å². The number of carboxylic acid groups (broad SMARTS) is 1. The van der Waals surface area contributed by atoms with Gasteiger partial charge in [-0.1, -0.05) is 77.8 Å². The monoisotopic (exact) mass is 439 g/mol. The normalized spacial score (nSPS) is 18.4. The number of aliphatic carboxylic acids is 1. The van der Waals surface area contributed by atoms with Crippen molar-refractivity contribution < 1.29 is 14.7 Å². The van der Waals surface area contributed by atoms with E-state index in [2.05, 4.69) is 0 Å². The number of nitrogens with zero attached hydrogens (tertiary/aromatic N) is 1. The summed E-state index contributed by atoms with van der Waals surface area (Å²) in [6.07, 6.45) is 0.878. The molecule has 1 N–H and O–H groups in total. The van der Waals surface area contributed by atoms with Crippen molar-refractivity contribution in [1.29, 1.82) is 0 Å². The van der Waals surface area contributed by atoms with Crippen molar-refractivity contribution >= 4 is 35.1 Å². The zero-order valence-corrected chi connectivity index (χ0v) is 17.5. The minimum Gasteiger partial charge on any atom is -0.480 e. The van der Waals surface area contributed by atoms with Crippen molar-refractivity contribution in [1.82, 2.24) is 4.90 Å². The van der Waals surface area contributed by atoms with Gasteiger partial charge in [0.05, 0.1) is 16.6 Å². The predicted molar refractivity (Wildman–Crippen MR) is 118 cm³/mol. The summed E-state index contributed by atoms with van der Waals surface area (Å²) in [6.45, 7) is 0. The average molecular weight is 440 g/mol. The topological polar surface area (TPSA) is 57.6 Å². The van der Waals surface area contributed by atoms with Crippen LogP contribution in [0.15, 0.2) is 72.8 Å². The van der Waals surface area contributed by atoms with Crippen molar-refractivity contribution in [3.8, 4) is 11.1 Å². The molecule has 3 aromatic rings. The van der Waals surface area contributed by atoms with Crippen LogP contribution < -0.4 is 0 Å². The zero-order valence-electron chi connectivity index (χ0n) is 16.0. The third kappa shape index (κ3) is 3.81. The Balaban J connectivity index is 1.72. The van der Waals surface area contributed by atoms with Gasteiger partial charge in [-0.3, -0.25) is 4.79 Å². The standard InChI is InChI=1S/C24H19Cl2NO3/c25-19-9-5-4-8-17(19)21-12-13-22(24(29)30)27(21)23(28)18-11-10-16(14-20(18)26)15-6-2-1-3-7-15/h1-11,14,21-22H,12-13H2,(H,29,30)/t21-,22+/m1/s1. The number of carbonyl (C=O) groups excluding carboxylic acids is 1. The van der Waals surface area contributed by atoms with E-state index in [4.69, 9.17) is 23.2 Å². The summed E-state index contributed by atoms with van der Waals surface area (Å²) in [6, 6.07) is 20.8. The van der Waals surface area contributed by atoms with E-state index in [0.717, 1.165) is 16.7 Å². The van der Waals surface area contributed by atoms with E-state index in [9.17, 15) is 14.7 Å². The van der Waals surface area contributed by atoms with Gasteiger partial charge < -0.3 is 10.0 Å². The number of benzene rings is 3. The molecule has 1 saturated heterocycles. The molecule has 1 aliphatic rings. The molecule has 1 amide bonds. The lowest BCUT2D eigenvalue weighted by Gasteiger charge is -2.29. The highest BCUT2D eigenvalue weighted by Crippen LogP contribution is 2.41. The maximum absolute atomic E-state index is 13.5. The summed E-state index contributed by atoms with van der Waals surface area (Å²) in [4.78, 5) is 26.7. The lowest BCUT2D eigenvalue weighted by Crippen LogP contribution is -2.42. The predicted octanol–water partition coefficient (Wildman–Crippen LogP) is 6.09. The Morgan fingerprint density at radius 3 is 2.20 bits per heavy atom. The molecule has 1 heterocycles. The Kier molecular flexibility index (Phi) is 5.80. The van der Waals surface area contributed by atoms with Gasteiger partial charge in [-0.2, -0.15) is 0 Å². The second kappa shape index (κ2) is 8.50. The van der Waals surface area contributed by atoms with Gasteiger partial charge >= 0.3 is 5.97 Å². The SMILES string of the molecule is O=C(O)[C@@H]1CC[C@H](c2ccccc2Cl)N1C(=O)c1ccc(-c2ccccc2)cc1Cl. The lowest BCUT2D eigenvalue weighted by molar-refractivity contribution is -0.141. The molecule has 30 heavy (non-hydrogen) atoms. The van der Waals surface area contributed by atoms with Gasteiger partial charge in [0.15, 0.2) is 0 Å². The fourth-order valence-electron chi connectivity index (χ4n) is 4.03. The molecule has 3 aromatic carbocycles. The van der Waals surface area contributed by atoms with Crippen LogP contribution in [-0.4, -0.2) is 27.9 Å². The van der Waals surface area contributed by atoms with Crippen LogP contribution in [0.5, 0.6) is 0 Å². The van der Waals surface area contributed by atoms with Crippen molar-refractivity contribution in [3.63, 3.8) is 0 Å². The largest absolute Gasteiger partial charge is 0.480 e. The van der Waals surface area contributed by atoms with Gasteiger partial charge in [0, 0.05) is 5.02 Å². The number of amides is 1. The Labute approximate surface area is 184 Å². The van der Waals surface area contributed by atoms with E-state index >= 15 is 0 Å². The fraction of sp³-hybridized carbons (Fsp3) is 0.167. The number of halogens is 2. The van der Waals surface area contributed by atoms with Gasteiger partial charge in [0.1, 0.15) is 6.04 Å². The molecule has 4 rings (SSSR count). The molecule has 6 heteroatoms. The smallest absolute Gasteiger partial charge is 0.326 e. The molecule has 0 saturated carbocycles. The number of likely N-dealkylation sites (tertiary alicyclic amines) is 1. The number of hydrogen-bond donors (Lipinski definition) is 1. The van der Waals surface area contributed by atoms with Crippen molar-refractivity contribution in [3.05, 3.63) is 94.0 Å². The molecule has 1 fully saturated rings. The number of carbonyl (C=O) groups is 2. The molecule has 4 nitrogen and oxygen atoms in total. The first-order valence-corrected chi connectivity index (χ1v) is 10.4. The van der Waals surface area contributed by atoms with Gasteiger partial charge in [-0.15, -0.1) is 0 Å². The van der Waals surface area contributed by atoms with Crippen LogP contribution in [-0.2, 0) is 4.79 Å². The molecule has 1 aliphatic heterocycles. The lowest BCUT2D eigenvalue weighted by atomic mass is 10.0. The minimum absolute atomic E-state index is 0.279. The van der Waals surface area contributed by atoms with Crippen LogP contribution in [0.1, 0.15) is 34.8 Å². The highest BCUT2D eigenvalue weighted by Gasteiger charge is 2.43. The zero-order chi connectivity index (χ0) is 21.3. The number of hydrogen-bond acceptors (Lipinski definition) is 2. The molecular weight excluding hydrogens is 421 g/mol. The Hall–Kier alpha value is -2.82. The molecule has 0 aromatic heterocycles.